The first-order valence-electron chi connectivity index (χ1n) is 16.3. The zero-order valence-corrected chi connectivity index (χ0v) is 29.4. The fourth-order valence-corrected chi connectivity index (χ4v) is 6.33. The number of fused-ring (bicyclic) bond motifs is 2. The van der Waals surface area contributed by atoms with E-state index in [1.54, 1.807) is 18.2 Å². The van der Waals surface area contributed by atoms with E-state index in [9.17, 15) is 30.7 Å². The molecule has 55 heavy (non-hydrogen) atoms. The molecule has 8 rings (SSSR count). The minimum Gasteiger partial charge on any atom is -0.338 e. The van der Waals surface area contributed by atoms with E-state index in [0.29, 0.717) is 38.5 Å². The molecule has 15 heteroatoms. The van der Waals surface area contributed by atoms with Crippen LogP contribution in [0.1, 0.15) is 11.1 Å². The van der Waals surface area contributed by atoms with E-state index in [0.717, 1.165) is 57.4 Å². The van der Waals surface area contributed by atoms with Crippen molar-refractivity contribution in [1.82, 2.24) is 20.4 Å². The molecule has 0 radical (unpaired) electrons. The molecular weight excluding hydrogens is 768 g/mol. The van der Waals surface area contributed by atoms with Gasteiger partial charge in [0.1, 0.15) is 5.82 Å². The molecule has 2 aromatic heterocycles. The Balaban J connectivity index is 0.000000169. The molecule has 8 aromatic rings. The Kier molecular flexibility index (Phi) is 10.2. The van der Waals surface area contributed by atoms with Gasteiger partial charge >= 0.3 is 12.4 Å². The van der Waals surface area contributed by atoms with Crippen molar-refractivity contribution in [3.63, 3.8) is 0 Å². The molecule has 0 unspecified atom stereocenters. The van der Waals surface area contributed by atoms with Crippen LogP contribution in [-0.2, 0) is 12.4 Å². The van der Waals surface area contributed by atoms with Crippen LogP contribution < -0.4 is 10.6 Å². The number of benzene rings is 6. The van der Waals surface area contributed by atoms with Crippen molar-refractivity contribution in [2.24, 2.45) is 0 Å². The number of anilines is 4. The summed E-state index contributed by atoms with van der Waals surface area (Å²) in [4.78, 5) is 0. The average Bonchev–Trinajstić information content (AvgIpc) is 3.73. The number of hydrogen-bond acceptors (Lipinski definition) is 4. The summed E-state index contributed by atoms with van der Waals surface area (Å²) in [6.07, 6.45) is -9.01. The molecule has 0 bridgehead atoms. The lowest BCUT2D eigenvalue weighted by Gasteiger charge is -2.10. The zero-order chi connectivity index (χ0) is 38.9. The van der Waals surface area contributed by atoms with Gasteiger partial charge < -0.3 is 10.6 Å². The van der Waals surface area contributed by atoms with Crippen LogP contribution in [0.2, 0.25) is 10.0 Å². The van der Waals surface area contributed by atoms with Gasteiger partial charge in [-0.3, -0.25) is 10.2 Å². The Morgan fingerprint density at radius 3 is 1.40 bits per heavy atom. The second kappa shape index (κ2) is 15.0. The fraction of sp³-hybridized carbons (Fsp3) is 0.0500. The Hall–Kier alpha value is -6.05. The van der Waals surface area contributed by atoms with Crippen molar-refractivity contribution in [2.45, 2.75) is 12.4 Å². The third-order valence-electron chi connectivity index (χ3n) is 8.43. The van der Waals surface area contributed by atoms with Crippen molar-refractivity contribution in [3.05, 3.63) is 154 Å². The molecule has 0 fully saturated rings. The molecule has 0 saturated heterocycles. The molecule has 4 N–H and O–H groups in total. The summed E-state index contributed by atoms with van der Waals surface area (Å²) in [7, 11) is 0. The number of H-pyrrole nitrogens is 2. The number of hydrogen-bond donors (Lipinski definition) is 4. The molecular formula is C40H25Cl2F7N6. The lowest BCUT2D eigenvalue weighted by atomic mass is 10.0. The summed E-state index contributed by atoms with van der Waals surface area (Å²) < 4.78 is 90.5. The highest BCUT2D eigenvalue weighted by atomic mass is 35.5. The molecule has 2 heterocycles. The Morgan fingerprint density at radius 1 is 0.491 bits per heavy atom. The van der Waals surface area contributed by atoms with Gasteiger partial charge in [-0.2, -0.15) is 36.5 Å². The predicted octanol–water partition coefficient (Wildman–Crippen LogP) is 13.4. The summed E-state index contributed by atoms with van der Waals surface area (Å²) in [5.74, 6) is -0.216. The Labute approximate surface area is 317 Å². The molecule has 6 nitrogen and oxygen atoms in total. The lowest BCUT2D eigenvalue weighted by molar-refractivity contribution is -0.138. The number of halogens is 9. The van der Waals surface area contributed by atoms with Gasteiger partial charge in [0.2, 0.25) is 0 Å². The molecule has 0 aliphatic rings. The first-order valence-corrected chi connectivity index (χ1v) is 17.0. The zero-order valence-electron chi connectivity index (χ0n) is 27.9. The van der Waals surface area contributed by atoms with E-state index >= 15 is 0 Å². The van der Waals surface area contributed by atoms with Gasteiger partial charge in [0.15, 0.2) is 11.6 Å². The van der Waals surface area contributed by atoms with Gasteiger partial charge in [-0.25, -0.2) is 4.39 Å². The van der Waals surface area contributed by atoms with E-state index in [2.05, 4.69) is 31.0 Å². The van der Waals surface area contributed by atoms with Crippen molar-refractivity contribution in [1.29, 1.82) is 0 Å². The maximum atomic E-state index is 13.7. The van der Waals surface area contributed by atoms with Crippen LogP contribution >= 0.6 is 23.2 Å². The van der Waals surface area contributed by atoms with Crippen LogP contribution in [-0.4, -0.2) is 20.4 Å². The Morgan fingerprint density at radius 2 is 0.945 bits per heavy atom. The van der Waals surface area contributed by atoms with E-state index < -0.39 is 29.3 Å². The Bertz CT molecular complexity index is 2600. The number of nitrogens with zero attached hydrogens (tertiary/aromatic N) is 2. The first-order chi connectivity index (χ1) is 26.2. The van der Waals surface area contributed by atoms with Crippen LogP contribution in [0.25, 0.3) is 44.1 Å². The maximum Gasteiger partial charge on any atom is 0.416 e. The highest BCUT2D eigenvalue weighted by molar-refractivity contribution is 6.34. The van der Waals surface area contributed by atoms with Crippen LogP contribution in [0.4, 0.5) is 53.7 Å². The predicted molar refractivity (Wildman–Crippen MR) is 202 cm³/mol. The number of rotatable bonds is 6. The van der Waals surface area contributed by atoms with Crippen LogP contribution in [0.5, 0.6) is 0 Å². The van der Waals surface area contributed by atoms with Crippen LogP contribution in [0.3, 0.4) is 0 Å². The van der Waals surface area contributed by atoms with Gasteiger partial charge in [-0.15, -0.1) is 0 Å². The average molecular weight is 794 g/mol. The molecule has 0 atom stereocenters. The largest absolute Gasteiger partial charge is 0.416 e. The van der Waals surface area contributed by atoms with Crippen molar-refractivity contribution >= 4 is 68.0 Å². The van der Waals surface area contributed by atoms with Gasteiger partial charge in [0, 0.05) is 33.3 Å². The van der Waals surface area contributed by atoms with E-state index in [1.807, 2.05) is 66.7 Å². The third kappa shape index (κ3) is 8.37. The maximum absolute atomic E-state index is 13.7. The van der Waals surface area contributed by atoms with Gasteiger partial charge in [0.05, 0.1) is 32.2 Å². The van der Waals surface area contributed by atoms with Gasteiger partial charge in [-0.05, 0) is 77.9 Å². The highest BCUT2D eigenvalue weighted by Crippen LogP contribution is 2.38. The van der Waals surface area contributed by atoms with E-state index in [-0.39, 0.29) is 11.5 Å². The minimum atomic E-state index is -4.65. The summed E-state index contributed by atoms with van der Waals surface area (Å²) in [5.41, 5.74) is 3.44. The SMILES string of the molecule is FC(F)(F)c1ccc(Nc2n[nH]c3cc(Cl)c(-c4ccccc4)cc23)cc1.Fc1cc(Nc2n[nH]c3cc(Cl)c(-c4ccccc4)cc23)cc(C(F)(F)F)c1. The first kappa shape index (κ1) is 37.3. The number of alkyl halides is 6. The number of aromatic amines is 2. The summed E-state index contributed by atoms with van der Waals surface area (Å²) >= 11 is 12.7. The lowest BCUT2D eigenvalue weighted by Crippen LogP contribution is -2.06. The summed E-state index contributed by atoms with van der Waals surface area (Å²) in [5, 5.41) is 22.3. The minimum absolute atomic E-state index is 0.0584. The monoisotopic (exact) mass is 792 g/mol. The normalized spacial score (nSPS) is 11.7. The van der Waals surface area contributed by atoms with E-state index in [4.69, 9.17) is 23.2 Å². The van der Waals surface area contributed by atoms with Crippen molar-refractivity contribution in [2.75, 3.05) is 10.6 Å². The second-order valence-corrected chi connectivity index (χ2v) is 13.0. The number of aromatic nitrogens is 4. The quantitative estimate of drug-likeness (QED) is 0.126. The fourth-order valence-electron chi connectivity index (χ4n) is 5.79. The standard InChI is InChI=1S/C20H12ClF4N3.C20H13ClF3N3/c21-17-10-18-16(9-15(17)11-4-2-1-3-5-11)19(28-27-18)26-14-7-12(20(23,24)25)6-13(22)8-14;21-17-11-18-16(10-15(17)12-4-2-1-3-5-12)19(27-26-18)25-14-8-6-13(7-9-14)20(22,23)24/h1-10H,(H2,26,27,28);1-11H,(H2,25,26,27). The molecule has 0 spiro atoms. The summed E-state index contributed by atoms with van der Waals surface area (Å²) in [6, 6.07) is 33.3. The van der Waals surface area contributed by atoms with Gasteiger partial charge in [-0.1, -0.05) is 83.9 Å². The smallest absolute Gasteiger partial charge is 0.338 e. The molecule has 6 aromatic carbocycles. The molecule has 0 aliphatic carbocycles. The van der Waals surface area contributed by atoms with Crippen LogP contribution in [0.15, 0.2) is 127 Å². The van der Waals surface area contributed by atoms with Crippen molar-refractivity contribution < 1.29 is 30.7 Å². The topological polar surface area (TPSA) is 81.4 Å². The summed E-state index contributed by atoms with van der Waals surface area (Å²) in [6.45, 7) is 0. The molecule has 0 aliphatic heterocycles. The second-order valence-electron chi connectivity index (χ2n) is 12.2. The van der Waals surface area contributed by atoms with Crippen LogP contribution in [0, 0.1) is 5.82 Å². The third-order valence-corrected chi connectivity index (χ3v) is 9.06. The van der Waals surface area contributed by atoms with Gasteiger partial charge in [0.25, 0.3) is 0 Å². The molecule has 0 amide bonds. The van der Waals surface area contributed by atoms with E-state index in [1.165, 1.54) is 12.1 Å². The number of nitrogens with one attached hydrogen (secondary N) is 4. The van der Waals surface area contributed by atoms with Crippen molar-refractivity contribution in [3.8, 4) is 22.3 Å². The highest BCUT2D eigenvalue weighted by Gasteiger charge is 2.32. The molecule has 278 valence electrons. The molecule has 0 saturated carbocycles.